The minimum Gasteiger partial charge on any atom is -0.316 e. The van der Waals surface area contributed by atoms with E-state index in [4.69, 9.17) is 0 Å². The zero-order valence-electron chi connectivity index (χ0n) is 10.8. The Morgan fingerprint density at radius 1 is 1.50 bits per heavy atom. The van der Waals surface area contributed by atoms with Gasteiger partial charge in [0.2, 0.25) is 0 Å². The molecule has 2 nitrogen and oxygen atoms in total. The number of hydrogen-bond acceptors (Lipinski definition) is 3. The predicted molar refractivity (Wildman–Crippen MR) is 73.2 cm³/mol. The van der Waals surface area contributed by atoms with Crippen LogP contribution in [0.5, 0.6) is 0 Å². The summed E-state index contributed by atoms with van der Waals surface area (Å²) in [6.07, 6.45) is 5.50. The van der Waals surface area contributed by atoms with Crippen LogP contribution < -0.4 is 5.32 Å². The third kappa shape index (κ3) is 2.93. The highest BCUT2D eigenvalue weighted by molar-refractivity contribution is 7.99. The molecule has 2 aliphatic heterocycles. The van der Waals surface area contributed by atoms with Gasteiger partial charge in [-0.2, -0.15) is 11.8 Å². The Morgan fingerprint density at radius 2 is 2.38 bits per heavy atom. The SMILES string of the molecule is CCCC1(CN(C)C2CCSC2)CCNC1. The van der Waals surface area contributed by atoms with Gasteiger partial charge in [-0.25, -0.2) is 0 Å². The molecule has 2 saturated heterocycles. The highest BCUT2D eigenvalue weighted by atomic mass is 32.2. The molecule has 2 unspecified atom stereocenters. The van der Waals surface area contributed by atoms with Crippen LogP contribution in [0.1, 0.15) is 32.6 Å². The van der Waals surface area contributed by atoms with E-state index in [0.717, 1.165) is 6.04 Å². The van der Waals surface area contributed by atoms with Crippen LogP contribution in [0.2, 0.25) is 0 Å². The molecule has 0 amide bonds. The minimum absolute atomic E-state index is 0.580. The Kier molecular flexibility index (Phi) is 4.57. The number of nitrogens with zero attached hydrogens (tertiary/aromatic N) is 1. The topological polar surface area (TPSA) is 15.3 Å². The van der Waals surface area contributed by atoms with Crippen molar-refractivity contribution in [2.75, 3.05) is 38.2 Å². The molecular weight excluding hydrogens is 216 g/mol. The molecule has 0 spiro atoms. The molecule has 3 heteroatoms. The second-order valence-corrected chi connectivity index (χ2v) is 6.76. The van der Waals surface area contributed by atoms with E-state index in [1.807, 2.05) is 0 Å². The summed E-state index contributed by atoms with van der Waals surface area (Å²) in [7, 11) is 2.34. The summed E-state index contributed by atoms with van der Waals surface area (Å²) in [5.74, 6) is 2.72. The van der Waals surface area contributed by atoms with E-state index in [-0.39, 0.29) is 0 Å². The maximum atomic E-state index is 3.56. The van der Waals surface area contributed by atoms with Crippen molar-refractivity contribution in [1.29, 1.82) is 0 Å². The van der Waals surface area contributed by atoms with Crippen molar-refractivity contribution >= 4 is 11.8 Å². The number of thioether (sulfide) groups is 1. The van der Waals surface area contributed by atoms with E-state index in [1.54, 1.807) is 0 Å². The van der Waals surface area contributed by atoms with E-state index in [0.29, 0.717) is 5.41 Å². The summed E-state index contributed by atoms with van der Waals surface area (Å²) in [6, 6.07) is 0.847. The maximum Gasteiger partial charge on any atom is 0.0191 e. The van der Waals surface area contributed by atoms with Gasteiger partial charge in [-0.1, -0.05) is 13.3 Å². The van der Waals surface area contributed by atoms with Crippen molar-refractivity contribution in [3.05, 3.63) is 0 Å². The fourth-order valence-corrected chi connectivity index (χ4v) is 4.58. The normalized spacial score (nSPS) is 35.1. The molecule has 2 atom stereocenters. The van der Waals surface area contributed by atoms with Gasteiger partial charge < -0.3 is 10.2 Å². The zero-order chi connectivity index (χ0) is 11.4. The van der Waals surface area contributed by atoms with Gasteiger partial charge >= 0.3 is 0 Å². The lowest BCUT2D eigenvalue weighted by atomic mass is 9.82. The summed E-state index contributed by atoms with van der Waals surface area (Å²) in [5.41, 5.74) is 0.580. The van der Waals surface area contributed by atoms with Gasteiger partial charge in [0.1, 0.15) is 0 Å². The molecule has 1 N–H and O–H groups in total. The van der Waals surface area contributed by atoms with E-state index < -0.39 is 0 Å². The van der Waals surface area contributed by atoms with Gasteiger partial charge in [0.15, 0.2) is 0 Å². The second kappa shape index (κ2) is 5.74. The Bertz CT molecular complexity index is 208. The largest absolute Gasteiger partial charge is 0.316 e. The van der Waals surface area contributed by atoms with E-state index in [1.165, 1.54) is 56.8 Å². The third-order valence-electron chi connectivity index (χ3n) is 4.23. The molecule has 0 aromatic rings. The van der Waals surface area contributed by atoms with Crippen molar-refractivity contribution < 1.29 is 0 Å². The average Bonchev–Trinajstić information content (AvgIpc) is 2.88. The van der Waals surface area contributed by atoms with Gasteiger partial charge in [0.25, 0.3) is 0 Å². The molecule has 0 radical (unpaired) electrons. The van der Waals surface area contributed by atoms with Gasteiger partial charge in [0, 0.05) is 24.9 Å². The molecule has 0 saturated carbocycles. The number of nitrogens with one attached hydrogen (secondary N) is 1. The van der Waals surface area contributed by atoms with Crippen LogP contribution in [-0.4, -0.2) is 49.1 Å². The first kappa shape index (κ1) is 12.7. The predicted octanol–water partition coefficient (Wildman–Crippen LogP) is 2.20. The van der Waals surface area contributed by atoms with Crippen LogP contribution in [0, 0.1) is 5.41 Å². The fraction of sp³-hybridized carbons (Fsp3) is 1.00. The molecule has 2 heterocycles. The van der Waals surface area contributed by atoms with E-state index in [2.05, 4.69) is 35.9 Å². The molecule has 2 aliphatic rings. The highest BCUT2D eigenvalue weighted by Gasteiger charge is 2.35. The van der Waals surface area contributed by atoms with Gasteiger partial charge in [-0.15, -0.1) is 0 Å². The molecule has 0 aromatic heterocycles. The molecule has 94 valence electrons. The third-order valence-corrected chi connectivity index (χ3v) is 5.37. The first-order chi connectivity index (χ1) is 7.76. The van der Waals surface area contributed by atoms with Gasteiger partial charge in [-0.05, 0) is 44.0 Å². The van der Waals surface area contributed by atoms with Crippen LogP contribution in [0.25, 0.3) is 0 Å². The molecule has 0 aromatic carbocycles. The number of hydrogen-bond donors (Lipinski definition) is 1. The maximum absolute atomic E-state index is 3.56. The Hall–Kier alpha value is 0.270. The fourth-order valence-electron chi connectivity index (χ4n) is 3.28. The summed E-state index contributed by atoms with van der Waals surface area (Å²) >= 11 is 2.12. The lowest BCUT2D eigenvalue weighted by molar-refractivity contribution is 0.147. The molecular formula is C13H26N2S. The van der Waals surface area contributed by atoms with Crippen molar-refractivity contribution in [1.82, 2.24) is 10.2 Å². The second-order valence-electron chi connectivity index (χ2n) is 5.61. The van der Waals surface area contributed by atoms with E-state index in [9.17, 15) is 0 Å². The minimum atomic E-state index is 0.580. The standard InChI is InChI=1S/C13H26N2S/c1-3-5-13(6-7-14-10-13)11-15(2)12-4-8-16-9-12/h12,14H,3-11H2,1-2H3. The molecule has 0 aliphatic carbocycles. The molecule has 2 fully saturated rings. The quantitative estimate of drug-likeness (QED) is 0.796. The first-order valence-electron chi connectivity index (χ1n) is 6.74. The lowest BCUT2D eigenvalue weighted by Crippen LogP contribution is -2.42. The van der Waals surface area contributed by atoms with Crippen LogP contribution in [0.4, 0.5) is 0 Å². The van der Waals surface area contributed by atoms with Gasteiger partial charge in [-0.3, -0.25) is 0 Å². The summed E-state index contributed by atoms with van der Waals surface area (Å²) < 4.78 is 0. The monoisotopic (exact) mass is 242 g/mol. The van der Waals surface area contributed by atoms with Gasteiger partial charge in [0.05, 0.1) is 0 Å². The summed E-state index contributed by atoms with van der Waals surface area (Å²) in [5, 5.41) is 3.56. The molecule has 0 bridgehead atoms. The first-order valence-corrected chi connectivity index (χ1v) is 7.90. The number of rotatable bonds is 5. The van der Waals surface area contributed by atoms with Crippen LogP contribution in [0.15, 0.2) is 0 Å². The molecule has 16 heavy (non-hydrogen) atoms. The van der Waals surface area contributed by atoms with Crippen molar-refractivity contribution in [3.63, 3.8) is 0 Å². The smallest absolute Gasteiger partial charge is 0.0191 e. The van der Waals surface area contributed by atoms with Crippen LogP contribution in [0.3, 0.4) is 0 Å². The average molecular weight is 242 g/mol. The highest BCUT2D eigenvalue weighted by Crippen LogP contribution is 2.33. The summed E-state index contributed by atoms with van der Waals surface area (Å²) in [6.45, 7) is 6.10. The van der Waals surface area contributed by atoms with Crippen LogP contribution in [-0.2, 0) is 0 Å². The zero-order valence-corrected chi connectivity index (χ0v) is 11.6. The van der Waals surface area contributed by atoms with Crippen LogP contribution >= 0.6 is 11.8 Å². The Balaban J connectivity index is 1.89. The van der Waals surface area contributed by atoms with Crippen molar-refractivity contribution in [2.45, 2.75) is 38.6 Å². The van der Waals surface area contributed by atoms with Crippen molar-refractivity contribution in [3.8, 4) is 0 Å². The Labute approximate surface area is 105 Å². The summed E-state index contributed by atoms with van der Waals surface area (Å²) in [4.78, 5) is 2.64. The van der Waals surface area contributed by atoms with E-state index >= 15 is 0 Å². The lowest BCUT2D eigenvalue weighted by Gasteiger charge is -2.35. The Morgan fingerprint density at radius 3 is 2.94 bits per heavy atom. The molecule has 2 rings (SSSR count). The van der Waals surface area contributed by atoms with Crippen molar-refractivity contribution in [2.24, 2.45) is 5.41 Å².